The number of anilines is 1. The number of hydrogen-bond acceptors (Lipinski definition) is 6. The summed E-state index contributed by atoms with van der Waals surface area (Å²) in [5.74, 6) is 0.0447. The molecular weight excluding hydrogens is 444 g/mol. The van der Waals surface area contributed by atoms with Crippen LogP contribution in [0.3, 0.4) is 0 Å². The number of rotatable bonds is 7. The lowest BCUT2D eigenvalue weighted by Crippen LogP contribution is -2.40. The first kappa shape index (κ1) is 24.9. The fourth-order valence-corrected chi connectivity index (χ4v) is 4.66. The summed E-state index contributed by atoms with van der Waals surface area (Å²) in [6.45, 7) is 6.93. The van der Waals surface area contributed by atoms with Gasteiger partial charge in [-0.05, 0) is 80.3 Å². The Labute approximate surface area is 206 Å². The van der Waals surface area contributed by atoms with Crippen molar-refractivity contribution in [1.29, 1.82) is 5.41 Å². The smallest absolute Gasteiger partial charge is 0.302 e. The van der Waals surface area contributed by atoms with Crippen LogP contribution in [0, 0.1) is 5.41 Å². The van der Waals surface area contributed by atoms with E-state index in [1.807, 2.05) is 54.3 Å². The highest BCUT2D eigenvalue weighted by Gasteiger charge is 2.22. The summed E-state index contributed by atoms with van der Waals surface area (Å²) >= 11 is 0. The van der Waals surface area contributed by atoms with E-state index in [2.05, 4.69) is 10.6 Å². The maximum absolute atomic E-state index is 13.0. The molecule has 186 valence electrons. The van der Waals surface area contributed by atoms with Gasteiger partial charge in [-0.3, -0.25) is 15.0 Å². The van der Waals surface area contributed by atoms with E-state index in [0.717, 1.165) is 36.9 Å². The van der Waals surface area contributed by atoms with Crippen molar-refractivity contribution >= 4 is 23.4 Å². The Kier molecular flexibility index (Phi) is 8.15. The summed E-state index contributed by atoms with van der Waals surface area (Å²) in [5, 5.41) is 14.9. The van der Waals surface area contributed by atoms with Gasteiger partial charge < -0.3 is 25.0 Å². The Morgan fingerprint density at radius 1 is 1.17 bits per heavy atom. The molecule has 0 saturated carbocycles. The topological polar surface area (TPSA) is 104 Å². The van der Waals surface area contributed by atoms with E-state index in [9.17, 15) is 9.59 Å². The number of amides is 1. The predicted molar refractivity (Wildman–Crippen MR) is 135 cm³/mol. The molecule has 1 amide bonds. The summed E-state index contributed by atoms with van der Waals surface area (Å²) < 4.78 is 10.6. The summed E-state index contributed by atoms with van der Waals surface area (Å²) in [6.07, 6.45) is 2.35. The Morgan fingerprint density at radius 3 is 2.60 bits per heavy atom. The average Bonchev–Trinajstić information content (AvgIpc) is 2.87. The van der Waals surface area contributed by atoms with Crippen molar-refractivity contribution in [2.45, 2.75) is 45.3 Å². The molecule has 35 heavy (non-hydrogen) atoms. The Balaban J connectivity index is 1.40. The fourth-order valence-electron chi connectivity index (χ4n) is 4.66. The molecule has 0 radical (unpaired) electrons. The van der Waals surface area contributed by atoms with Crippen molar-refractivity contribution in [3.05, 3.63) is 64.7 Å². The molecule has 0 bridgehead atoms. The van der Waals surface area contributed by atoms with E-state index in [4.69, 9.17) is 14.9 Å². The minimum Gasteiger partial charge on any atom is -0.463 e. The monoisotopic (exact) mass is 478 g/mol. The molecule has 0 aromatic heterocycles. The van der Waals surface area contributed by atoms with Crippen molar-refractivity contribution in [1.82, 2.24) is 10.2 Å². The minimum absolute atomic E-state index is 0.120. The number of carbonyl (C=O) groups is 2. The van der Waals surface area contributed by atoms with Crippen LogP contribution in [-0.4, -0.2) is 61.6 Å². The summed E-state index contributed by atoms with van der Waals surface area (Å²) in [6, 6.07) is 13.4. The Bertz CT molecular complexity index is 1060. The van der Waals surface area contributed by atoms with E-state index in [-0.39, 0.29) is 24.0 Å². The van der Waals surface area contributed by atoms with Crippen molar-refractivity contribution in [3.8, 4) is 0 Å². The second-order valence-electron chi connectivity index (χ2n) is 9.15. The largest absolute Gasteiger partial charge is 0.463 e. The number of benzene rings is 2. The number of esters is 1. The molecule has 8 nitrogen and oxygen atoms in total. The summed E-state index contributed by atoms with van der Waals surface area (Å²) in [4.78, 5) is 26.2. The Morgan fingerprint density at radius 2 is 1.89 bits per heavy atom. The molecule has 2 atom stereocenters. The third-order valence-electron chi connectivity index (χ3n) is 6.54. The van der Waals surface area contributed by atoms with Crippen molar-refractivity contribution in [3.63, 3.8) is 0 Å². The molecular formula is C27H34N4O4. The van der Waals surface area contributed by atoms with Gasteiger partial charge in [0.1, 0.15) is 5.84 Å². The number of morpholine rings is 1. The number of hydrogen-bond donors (Lipinski definition) is 3. The first-order valence-corrected chi connectivity index (χ1v) is 12.3. The molecule has 2 aromatic rings. The van der Waals surface area contributed by atoms with Gasteiger partial charge >= 0.3 is 5.97 Å². The zero-order valence-electron chi connectivity index (χ0n) is 20.4. The van der Waals surface area contributed by atoms with Crippen LogP contribution in [-0.2, 0) is 20.7 Å². The van der Waals surface area contributed by atoms with Gasteiger partial charge in [-0.15, -0.1) is 0 Å². The van der Waals surface area contributed by atoms with E-state index in [1.54, 1.807) is 0 Å². The van der Waals surface area contributed by atoms with E-state index in [1.165, 1.54) is 12.5 Å². The van der Waals surface area contributed by atoms with E-state index in [0.29, 0.717) is 43.4 Å². The van der Waals surface area contributed by atoms with Crippen molar-refractivity contribution < 1.29 is 19.1 Å². The quantitative estimate of drug-likeness (QED) is 0.320. The molecule has 8 heteroatoms. The molecule has 0 spiro atoms. The number of carbonyl (C=O) groups excluding carboxylic acids is 2. The van der Waals surface area contributed by atoms with Gasteiger partial charge in [-0.1, -0.05) is 6.07 Å². The first-order valence-electron chi connectivity index (χ1n) is 12.3. The first-order chi connectivity index (χ1) is 16.9. The average molecular weight is 479 g/mol. The third kappa shape index (κ3) is 6.46. The van der Waals surface area contributed by atoms with Crippen LogP contribution in [0.15, 0.2) is 42.5 Å². The molecule has 2 aliphatic heterocycles. The zero-order chi connectivity index (χ0) is 24.8. The van der Waals surface area contributed by atoms with E-state index >= 15 is 0 Å². The molecule has 1 fully saturated rings. The van der Waals surface area contributed by atoms with Gasteiger partial charge in [0.05, 0.1) is 19.3 Å². The van der Waals surface area contributed by atoms with Gasteiger partial charge in [0.25, 0.3) is 5.91 Å². The normalized spacial score (nSPS) is 18.3. The molecule has 1 saturated heterocycles. The van der Waals surface area contributed by atoms with E-state index < -0.39 is 0 Å². The second kappa shape index (κ2) is 11.5. The summed E-state index contributed by atoms with van der Waals surface area (Å²) in [5.41, 5.74) is 4.49. The van der Waals surface area contributed by atoms with Crippen molar-refractivity contribution in [2.75, 3.05) is 38.2 Å². The fraction of sp³-hybridized carbons (Fsp3) is 0.444. The number of amidine groups is 1. The zero-order valence-corrected chi connectivity index (χ0v) is 20.4. The summed E-state index contributed by atoms with van der Waals surface area (Å²) in [7, 11) is 0. The van der Waals surface area contributed by atoms with Gasteiger partial charge in [0, 0.05) is 42.9 Å². The molecule has 2 aromatic carbocycles. The highest BCUT2D eigenvalue weighted by molar-refractivity contribution is 6.05. The van der Waals surface area contributed by atoms with Crippen LogP contribution in [0.5, 0.6) is 0 Å². The molecule has 4 rings (SSSR count). The van der Waals surface area contributed by atoms with Crippen LogP contribution in [0.4, 0.5) is 5.69 Å². The molecule has 2 aliphatic rings. The van der Waals surface area contributed by atoms with Crippen LogP contribution in [0.2, 0.25) is 0 Å². The number of ether oxygens (including phenoxy) is 2. The molecule has 3 N–H and O–H groups in total. The minimum atomic E-state index is -0.264. The lowest BCUT2D eigenvalue weighted by atomic mass is 9.89. The predicted octanol–water partition coefficient (Wildman–Crippen LogP) is 3.52. The number of nitrogens with zero attached hydrogens (tertiary/aromatic N) is 1. The SMILES string of the molecule is CC(=O)OC(C)CCC1NCCc2ccc(C(=O)Nc3ccc(C(=N)N4CCOCC4)cc3)cc21. The lowest BCUT2D eigenvalue weighted by Gasteiger charge is -2.29. The second-order valence-corrected chi connectivity index (χ2v) is 9.15. The highest BCUT2D eigenvalue weighted by atomic mass is 16.5. The van der Waals surface area contributed by atoms with Crippen LogP contribution < -0.4 is 10.6 Å². The van der Waals surface area contributed by atoms with Crippen LogP contribution >= 0.6 is 0 Å². The molecule has 0 aliphatic carbocycles. The molecule has 2 unspecified atom stereocenters. The number of fused-ring (bicyclic) bond motifs is 1. The lowest BCUT2D eigenvalue weighted by molar-refractivity contribution is -0.145. The van der Waals surface area contributed by atoms with Gasteiger partial charge in [0.15, 0.2) is 0 Å². The van der Waals surface area contributed by atoms with Crippen LogP contribution in [0.25, 0.3) is 0 Å². The standard InChI is InChI=1S/C27H34N4O4/c1-18(35-19(2)32)3-10-25-24-17-22(5-4-20(24)11-12-29-25)27(33)30-23-8-6-21(7-9-23)26(28)31-13-15-34-16-14-31/h4-9,17-18,25,28-29H,3,10-16H2,1-2H3,(H,30,33). The maximum atomic E-state index is 13.0. The molecule has 2 heterocycles. The van der Waals surface area contributed by atoms with Gasteiger partial charge in [-0.25, -0.2) is 0 Å². The Hall–Kier alpha value is -3.23. The third-order valence-corrected chi connectivity index (χ3v) is 6.54. The van der Waals surface area contributed by atoms with Gasteiger partial charge in [0.2, 0.25) is 0 Å². The van der Waals surface area contributed by atoms with Crippen molar-refractivity contribution in [2.24, 2.45) is 0 Å². The van der Waals surface area contributed by atoms with Gasteiger partial charge in [-0.2, -0.15) is 0 Å². The highest BCUT2D eigenvalue weighted by Crippen LogP contribution is 2.28. The van der Waals surface area contributed by atoms with Crippen LogP contribution in [0.1, 0.15) is 59.8 Å². The maximum Gasteiger partial charge on any atom is 0.302 e. The number of nitrogens with one attached hydrogen (secondary N) is 3.